The summed E-state index contributed by atoms with van der Waals surface area (Å²) >= 11 is 12.1. The summed E-state index contributed by atoms with van der Waals surface area (Å²) in [4.78, 5) is 10.6. The number of hydrogen-bond donors (Lipinski definition) is 2. The molecule has 0 atom stereocenters. The number of carbonyl (C=O) groups is 1. The lowest BCUT2D eigenvalue weighted by Gasteiger charge is -2.10. The number of halogens is 2. The van der Waals surface area contributed by atoms with Crippen LogP contribution in [0.5, 0.6) is 0 Å². The van der Waals surface area contributed by atoms with Crippen LogP contribution in [0.3, 0.4) is 0 Å². The quantitative estimate of drug-likeness (QED) is 0.869. The SMILES string of the molecule is O=C(O)Cc1ccc(CNc2c(Cl)cccc2Cl)cc1. The van der Waals surface area contributed by atoms with Crippen LogP contribution in [0.4, 0.5) is 5.69 Å². The van der Waals surface area contributed by atoms with Crippen LogP contribution in [0.25, 0.3) is 0 Å². The third-order valence-corrected chi connectivity index (χ3v) is 3.44. The van der Waals surface area contributed by atoms with E-state index in [4.69, 9.17) is 28.3 Å². The summed E-state index contributed by atoms with van der Waals surface area (Å²) < 4.78 is 0. The first-order chi connectivity index (χ1) is 9.56. The molecule has 0 heterocycles. The van der Waals surface area contributed by atoms with Crippen LogP contribution in [0, 0.1) is 0 Å². The number of rotatable bonds is 5. The molecule has 2 rings (SSSR count). The maximum Gasteiger partial charge on any atom is 0.307 e. The van der Waals surface area contributed by atoms with Crippen LogP contribution in [0.15, 0.2) is 42.5 Å². The Morgan fingerprint density at radius 1 is 1.00 bits per heavy atom. The van der Waals surface area contributed by atoms with E-state index in [-0.39, 0.29) is 6.42 Å². The average molecular weight is 310 g/mol. The van der Waals surface area contributed by atoms with Gasteiger partial charge in [-0.05, 0) is 23.3 Å². The monoisotopic (exact) mass is 309 g/mol. The Balaban J connectivity index is 2.02. The van der Waals surface area contributed by atoms with Crippen molar-refractivity contribution in [2.45, 2.75) is 13.0 Å². The molecule has 104 valence electrons. The summed E-state index contributed by atoms with van der Waals surface area (Å²) in [6.07, 6.45) is 0.0318. The number of benzene rings is 2. The highest BCUT2D eigenvalue weighted by Gasteiger charge is 2.05. The maximum atomic E-state index is 10.6. The first kappa shape index (κ1) is 14.7. The molecule has 2 N–H and O–H groups in total. The topological polar surface area (TPSA) is 49.3 Å². The molecule has 2 aromatic rings. The molecule has 0 spiro atoms. The van der Waals surface area contributed by atoms with Gasteiger partial charge in [0.25, 0.3) is 0 Å². The van der Waals surface area contributed by atoms with Crippen LogP contribution in [-0.2, 0) is 17.8 Å². The molecular formula is C15H13Cl2NO2. The summed E-state index contributed by atoms with van der Waals surface area (Å²) in [7, 11) is 0. The number of para-hydroxylation sites is 1. The third-order valence-electron chi connectivity index (χ3n) is 2.81. The second-order valence-electron chi connectivity index (χ2n) is 4.34. The van der Waals surface area contributed by atoms with Gasteiger partial charge >= 0.3 is 5.97 Å². The lowest BCUT2D eigenvalue weighted by atomic mass is 10.1. The molecular weight excluding hydrogens is 297 g/mol. The molecule has 0 amide bonds. The normalized spacial score (nSPS) is 10.3. The van der Waals surface area contributed by atoms with E-state index in [0.29, 0.717) is 22.3 Å². The molecule has 0 aliphatic carbocycles. The number of nitrogens with one attached hydrogen (secondary N) is 1. The van der Waals surface area contributed by atoms with Gasteiger partial charge in [-0.2, -0.15) is 0 Å². The fourth-order valence-corrected chi connectivity index (χ4v) is 2.34. The molecule has 20 heavy (non-hydrogen) atoms. The van der Waals surface area contributed by atoms with E-state index in [0.717, 1.165) is 11.1 Å². The largest absolute Gasteiger partial charge is 0.481 e. The zero-order chi connectivity index (χ0) is 14.5. The van der Waals surface area contributed by atoms with Crippen LogP contribution in [-0.4, -0.2) is 11.1 Å². The van der Waals surface area contributed by atoms with Crippen LogP contribution in [0.2, 0.25) is 10.0 Å². The lowest BCUT2D eigenvalue weighted by Crippen LogP contribution is -2.02. The molecule has 0 radical (unpaired) electrons. The van der Waals surface area contributed by atoms with Crippen LogP contribution in [0.1, 0.15) is 11.1 Å². The Morgan fingerprint density at radius 3 is 2.10 bits per heavy atom. The van der Waals surface area contributed by atoms with Crippen molar-refractivity contribution in [2.75, 3.05) is 5.32 Å². The van der Waals surface area contributed by atoms with E-state index < -0.39 is 5.97 Å². The highest BCUT2D eigenvalue weighted by molar-refractivity contribution is 6.39. The first-order valence-electron chi connectivity index (χ1n) is 6.04. The first-order valence-corrected chi connectivity index (χ1v) is 6.79. The summed E-state index contributed by atoms with van der Waals surface area (Å²) in [6, 6.07) is 12.7. The van der Waals surface area contributed by atoms with Crippen molar-refractivity contribution in [3.05, 3.63) is 63.6 Å². The fourth-order valence-electron chi connectivity index (χ4n) is 1.81. The number of carboxylic acids is 1. The maximum absolute atomic E-state index is 10.6. The minimum Gasteiger partial charge on any atom is -0.481 e. The Kier molecular flexibility index (Phi) is 4.88. The molecule has 0 saturated carbocycles. The molecule has 0 aliphatic rings. The minimum absolute atomic E-state index is 0.0318. The van der Waals surface area contributed by atoms with Crippen molar-refractivity contribution in [1.29, 1.82) is 0 Å². The molecule has 0 unspecified atom stereocenters. The Hall–Kier alpha value is -1.71. The summed E-state index contributed by atoms with van der Waals surface area (Å²) in [5.74, 6) is -0.835. The Morgan fingerprint density at radius 2 is 1.55 bits per heavy atom. The van der Waals surface area contributed by atoms with E-state index in [1.165, 1.54) is 0 Å². The van der Waals surface area contributed by atoms with Gasteiger partial charge in [0, 0.05) is 6.54 Å². The van der Waals surface area contributed by atoms with Gasteiger partial charge in [0.1, 0.15) is 0 Å². The van der Waals surface area contributed by atoms with Gasteiger partial charge in [0.05, 0.1) is 22.2 Å². The molecule has 0 aliphatic heterocycles. The van der Waals surface area contributed by atoms with Crippen molar-refractivity contribution in [3.63, 3.8) is 0 Å². The standard InChI is InChI=1S/C15H13Cl2NO2/c16-12-2-1-3-13(17)15(12)18-9-11-6-4-10(5-7-11)8-14(19)20/h1-7,18H,8-9H2,(H,19,20). The zero-order valence-electron chi connectivity index (χ0n) is 10.6. The molecule has 2 aromatic carbocycles. The molecule has 3 nitrogen and oxygen atoms in total. The predicted octanol–water partition coefficient (Wildman–Crippen LogP) is 4.23. The van der Waals surface area contributed by atoms with E-state index in [1.54, 1.807) is 30.3 Å². The van der Waals surface area contributed by atoms with Gasteiger partial charge in [-0.3, -0.25) is 4.79 Å². The van der Waals surface area contributed by atoms with Crippen LogP contribution < -0.4 is 5.32 Å². The van der Waals surface area contributed by atoms with Crippen molar-refractivity contribution < 1.29 is 9.90 Å². The van der Waals surface area contributed by atoms with Gasteiger partial charge in [0.2, 0.25) is 0 Å². The van der Waals surface area contributed by atoms with Gasteiger partial charge in [-0.25, -0.2) is 0 Å². The van der Waals surface area contributed by atoms with Crippen molar-refractivity contribution in [2.24, 2.45) is 0 Å². The third kappa shape index (κ3) is 3.89. The predicted molar refractivity (Wildman–Crippen MR) is 81.6 cm³/mol. The average Bonchev–Trinajstić information content (AvgIpc) is 2.39. The highest BCUT2D eigenvalue weighted by Crippen LogP contribution is 2.30. The van der Waals surface area contributed by atoms with Gasteiger partial charge in [0.15, 0.2) is 0 Å². The van der Waals surface area contributed by atoms with Gasteiger partial charge < -0.3 is 10.4 Å². The van der Waals surface area contributed by atoms with Gasteiger partial charge in [-0.1, -0.05) is 53.5 Å². The summed E-state index contributed by atoms with van der Waals surface area (Å²) in [6.45, 7) is 0.566. The summed E-state index contributed by atoms with van der Waals surface area (Å²) in [5.41, 5.74) is 2.50. The molecule has 0 saturated heterocycles. The second kappa shape index (κ2) is 6.64. The molecule has 0 fully saturated rings. The smallest absolute Gasteiger partial charge is 0.307 e. The van der Waals surface area contributed by atoms with Crippen LogP contribution >= 0.6 is 23.2 Å². The van der Waals surface area contributed by atoms with Crippen molar-refractivity contribution >= 4 is 34.9 Å². The van der Waals surface area contributed by atoms with Gasteiger partial charge in [-0.15, -0.1) is 0 Å². The van der Waals surface area contributed by atoms with E-state index in [9.17, 15) is 4.79 Å². The molecule has 0 bridgehead atoms. The second-order valence-corrected chi connectivity index (χ2v) is 5.15. The Bertz CT molecular complexity index is 592. The van der Waals surface area contributed by atoms with E-state index in [2.05, 4.69) is 5.32 Å². The van der Waals surface area contributed by atoms with Crippen molar-refractivity contribution in [1.82, 2.24) is 0 Å². The van der Waals surface area contributed by atoms with Crippen molar-refractivity contribution in [3.8, 4) is 0 Å². The Labute approximate surface area is 127 Å². The fraction of sp³-hybridized carbons (Fsp3) is 0.133. The van der Waals surface area contributed by atoms with E-state index >= 15 is 0 Å². The highest BCUT2D eigenvalue weighted by atomic mass is 35.5. The zero-order valence-corrected chi connectivity index (χ0v) is 12.1. The molecule has 0 aromatic heterocycles. The number of hydrogen-bond acceptors (Lipinski definition) is 2. The van der Waals surface area contributed by atoms with E-state index in [1.807, 2.05) is 12.1 Å². The minimum atomic E-state index is -0.835. The number of aliphatic carboxylic acids is 1. The number of carboxylic acid groups (broad SMARTS) is 1. The molecule has 5 heteroatoms. The number of anilines is 1. The summed E-state index contributed by atoms with van der Waals surface area (Å²) in [5, 5.41) is 13.0. The lowest BCUT2D eigenvalue weighted by molar-refractivity contribution is -0.136.